The van der Waals surface area contributed by atoms with Crippen LogP contribution in [0.15, 0.2) is 84.9 Å². The average molecular weight is 1210 g/mol. The predicted octanol–water partition coefficient (Wildman–Crippen LogP) is 8.05. The predicted molar refractivity (Wildman–Crippen MR) is 317 cm³/mol. The normalized spacial score (nSPS) is 19.7. The van der Waals surface area contributed by atoms with Gasteiger partial charge in [-0.3, -0.25) is 33.6 Å². The van der Waals surface area contributed by atoms with Crippen molar-refractivity contribution in [3.8, 4) is 33.8 Å². The van der Waals surface area contributed by atoms with Gasteiger partial charge in [0.1, 0.15) is 52.5 Å². The third-order valence-corrected chi connectivity index (χ3v) is 14.6. The summed E-state index contributed by atoms with van der Waals surface area (Å²) in [4.78, 5) is 140. The molecule has 6 N–H and O–H groups in total. The van der Waals surface area contributed by atoms with Gasteiger partial charge in [0.25, 0.3) is 5.91 Å². The van der Waals surface area contributed by atoms with Crippen molar-refractivity contribution in [3.05, 3.63) is 107 Å². The number of alkyl carbamates (subject to hydrolysis) is 1. The minimum atomic E-state index is -1.65. The maximum atomic E-state index is 15.3. The van der Waals surface area contributed by atoms with Gasteiger partial charge in [-0.15, -0.1) is 0 Å². The van der Waals surface area contributed by atoms with Gasteiger partial charge >= 0.3 is 18.4 Å². The number of likely N-dealkylation sites (N-methyl/N-ethyl adjacent to an activating group) is 1. The van der Waals surface area contributed by atoms with Crippen molar-refractivity contribution in [2.45, 2.75) is 149 Å². The van der Waals surface area contributed by atoms with Crippen LogP contribution in [0.5, 0.6) is 11.5 Å². The molecule has 7 rings (SSSR count). The first kappa shape index (κ1) is 65.0. The molecule has 460 valence electrons. The van der Waals surface area contributed by atoms with Gasteiger partial charge in [-0.25, -0.2) is 14.4 Å². The molecule has 1 spiro atoms. The fraction of sp³-hybridized carbons (Fsp3) is 0.460. The molecule has 2 aliphatic heterocycles. The van der Waals surface area contributed by atoms with E-state index in [4.69, 9.17) is 35.3 Å². The first-order valence-electron chi connectivity index (χ1n) is 28.5. The lowest BCUT2D eigenvalue weighted by Gasteiger charge is -2.33. The zero-order valence-corrected chi connectivity index (χ0v) is 51.0. The van der Waals surface area contributed by atoms with E-state index in [-0.39, 0.29) is 71.3 Å². The lowest BCUT2D eigenvalue weighted by molar-refractivity contribution is -0.141. The molecule has 86 heavy (non-hydrogen) atoms. The van der Waals surface area contributed by atoms with Gasteiger partial charge in [-0.2, -0.15) is 0 Å². The molecule has 0 radical (unpaired) electrons. The first-order chi connectivity index (χ1) is 40.3. The van der Waals surface area contributed by atoms with E-state index < -0.39 is 107 Å². The average Bonchev–Trinajstić information content (AvgIpc) is 1.58. The summed E-state index contributed by atoms with van der Waals surface area (Å²) in [6.07, 6.45) is -1.73. The number of rotatable bonds is 16. The molecule has 4 aromatic rings. The van der Waals surface area contributed by atoms with E-state index in [0.29, 0.717) is 36.4 Å². The van der Waals surface area contributed by atoms with Gasteiger partial charge in [0.05, 0.1) is 12.0 Å². The van der Waals surface area contributed by atoms with E-state index in [1.54, 1.807) is 98.7 Å². The van der Waals surface area contributed by atoms with Crippen LogP contribution < -0.4 is 41.4 Å². The van der Waals surface area contributed by atoms with Crippen molar-refractivity contribution >= 4 is 71.2 Å². The summed E-state index contributed by atoms with van der Waals surface area (Å²) >= 11 is 6.12. The van der Waals surface area contributed by atoms with E-state index >= 15 is 9.59 Å². The number of ketones is 1. The molecule has 23 heteroatoms. The lowest BCUT2D eigenvalue weighted by atomic mass is 9.93. The summed E-state index contributed by atoms with van der Waals surface area (Å²) in [6.45, 7) is 16.5. The highest BCUT2D eigenvalue weighted by Crippen LogP contribution is 2.57. The Hall–Kier alpha value is -8.53. The molecule has 6 atom stereocenters. The molecule has 1 saturated heterocycles. The maximum Gasteiger partial charge on any atom is 0.514 e. The smallest absolute Gasteiger partial charge is 0.444 e. The van der Waals surface area contributed by atoms with Crippen molar-refractivity contribution in [1.82, 2.24) is 36.8 Å². The molecule has 22 nitrogen and oxygen atoms in total. The summed E-state index contributed by atoms with van der Waals surface area (Å²) in [5.74, 6) is -5.44. The fourth-order valence-corrected chi connectivity index (χ4v) is 10.2. The highest BCUT2D eigenvalue weighted by molar-refractivity contribution is 6.30. The molecule has 1 saturated carbocycles. The van der Waals surface area contributed by atoms with E-state index in [9.17, 15) is 38.4 Å². The van der Waals surface area contributed by atoms with Gasteiger partial charge in [-0.1, -0.05) is 48.0 Å². The number of benzene rings is 4. The minimum absolute atomic E-state index is 0.00109. The standard InChI is InChI=1S/C63H76ClN7O15/c1-35-51(73)70-46(53(75)67-34-47(72)44-33-63(44)27-29-65-56(63)78)31-36-15-25-48(82-58(80)85-61(5,6)7)42(30-36)43-32-40(22-26-49(43)83-59(81)86-62(8,9)10)50(54(76)68-35)71(11)55(77)45(14-12-13-28-66-57(79)84-60(2,3)4)69-52(74)39-18-16-37(17-19-39)38-20-23-41(64)24-21-38/h15-26,30,32,35,44-46,50H,12-14,27-29,31,33-34H2,1-11H3,(H,65,78)(H,66,79)(H,67,75)(H,68,76)(H,69,74)(H,70,73)/t35-,44?,45-,46-,50-,63?/m0/s1. The van der Waals surface area contributed by atoms with Crippen LogP contribution in [-0.2, 0) is 49.4 Å². The molecule has 2 unspecified atom stereocenters. The monoisotopic (exact) mass is 1210 g/mol. The van der Waals surface area contributed by atoms with Crippen LogP contribution in [0.2, 0.25) is 5.02 Å². The number of halogens is 1. The zero-order valence-electron chi connectivity index (χ0n) is 50.3. The van der Waals surface area contributed by atoms with Gasteiger partial charge in [0, 0.05) is 54.2 Å². The highest BCUT2D eigenvalue weighted by atomic mass is 35.5. The Morgan fingerprint density at radius 2 is 1.29 bits per heavy atom. The fourth-order valence-electron chi connectivity index (χ4n) is 10.1. The van der Waals surface area contributed by atoms with Crippen LogP contribution in [-0.4, -0.2) is 126 Å². The van der Waals surface area contributed by atoms with E-state index in [1.807, 2.05) is 12.1 Å². The second-order valence-corrected chi connectivity index (χ2v) is 25.1. The molecule has 1 aliphatic carbocycles. The number of amides is 7. The van der Waals surface area contributed by atoms with E-state index in [2.05, 4.69) is 31.9 Å². The number of carbonyl (C=O) groups excluding carboxylic acids is 10. The Morgan fingerprint density at radius 3 is 1.87 bits per heavy atom. The molecule has 4 bridgehead atoms. The Labute approximate surface area is 504 Å². The molecular formula is C63H76ClN7O15. The number of fused-ring (bicyclic) bond motifs is 5. The molecule has 3 aliphatic rings. The number of nitrogens with one attached hydrogen (secondary N) is 6. The Morgan fingerprint density at radius 1 is 0.709 bits per heavy atom. The highest BCUT2D eigenvalue weighted by Gasteiger charge is 2.64. The van der Waals surface area contributed by atoms with Crippen molar-refractivity contribution in [2.24, 2.45) is 11.3 Å². The second kappa shape index (κ2) is 26.8. The van der Waals surface area contributed by atoms with Crippen LogP contribution in [0, 0.1) is 11.3 Å². The summed E-state index contributed by atoms with van der Waals surface area (Å²) in [5, 5.41) is 16.9. The number of ether oxygens (including phenoxy) is 5. The third kappa shape index (κ3) is 17.3. The number of nitrogens with zero attached hydrogens (tertiary/aromatic N) is 1. The summed E-state index contributed by atoms with van der Waals surface area (Å²) < 4.78 is 28.2. The molecule has 4 aromatic carbocycles. The number of hydrogen-bond donors (Lipinski definition) is 6. The number of hydrogen-bond acceptors (Lipinski definition) is 15. The summed E-state index contributed by atoms with van der Waals surface area (Å²) in [5.41, 5.74) is -1.32. The van der Waals surface area contributed by atoms with Crippen LogP contribution in [0.3, 0.4) is 0 Å². The van der Waals surface area contributed by atoms with Crippen LogP contribution in [0.4, 0.5) is 14.4 Å². The topological polar surface area (TPSA) is 292 Å². The SMILES string of the molecule is C[C@@H]1NC(=O)[C@@H](N(C)C(=O)[C@H](CCCCNC(=O)OC(C)(C)C)NC(=O)c2ccc(-c3ccc(Cl)cc3)cc2)c2ccc(OC(=O)OC(C)(C)C)c(c2)-c2cc(ccc2OC(=O)OC(C)(C)C)C[C@@H](C(=O)NCC(=O)C2CC23CCNC3=O)NC1=O. The molecular weight excluding hydrogens is 1130 g/mol. The molecule has 7 amide bonds. The number of carbonyl (C=O) groups is 10. The van der Waals surface area contributed by atoms with E-state index in [1.165, 1.54) is 50.4 Å². The van der Waals surface area contributed by atoms with Crippen molar-refractivity contribution in [2.75, 3.05) is 26.7 Å². The van der Waals surface area contributed by atoms with Crippen LogP contribution >= 0.6 is 11.6 Å². The number of Topliss-reactive ketones (excluding diaryl/α,β-unsaturated/α-hetero) is 1. The van der Waals surface area contributed by atoms with Gasteiger partial charge in [0.2, 0.25) is 29.5 Å². The van der Waals surface area contributed by atoms with Gasteiger partial charge in [0.15, 0.2) is 5.78 Å². The number of unbranched alkanes of at least 4 members (excludes halogenated alkanes) is 1. The quantitative estimate of drug-likeness (QED) is 0.0268. The first-order valence-corrected chi connectivity index (χ1v) is 28.9. The summed E-state index contributed by atoms with van der Waals surface area (Å²) in [6, 6.07) is 16.6. The van der Waals surface area contributed by atoms with Crippen molar-refractivity contribution in [1.29, 1.82) is 0 Å². The third-order valence-electron chi connectivity index (χ3n) is 14.4. The molecule has 2 fully saturated rings. The largest absolute Gasteiger partial charge is 0.514 e. The maximum absolute atomic E-state index is 15.3. The van der Waals surface area contributed by atoms with Gasteiger partial charge in [-0.05, 0) is 172 Å². The van der Waals surface area contributed by atoms with Gasteiger partial charge < -0.3 is 60.5 Å². The molecule has 0 aromatic heterocycles. The Kier molecular flexibility index (Phi) is 20.3. The van der Waals surface area contributed by atoms with Crippen LogP contribution in [0.25, 0.3) is 22.3 Å². The zero-order chi connectivity index (χ0) is 63.1. The van der Waals surface area contributed by atoms with Crippen molar-refractivity contribution in [3.63, 3.8) is 0 Å². The lowest BCUT2D eigenvalue weighted by Crippen LogP contribution is -2.56. The summed E-state index contributed by atoms with van der Waals surface area (Å²) in [7, 11) is 1.33. The molecule has 2 heterocycles. The minimum Gasteiger partial charge on any atom is -0.444 e. The second-order valence-electron chi connectivity index (χ2n) is 24.7. The Bertz CT molecular complexity index is 3260. The van der Waals surface area contributed by atoms with Crippen molar-refractivity contribution < 1.29 is 71.6 Å². The Balaban J connectivity index is 1.29. The van der Waals surface area contributed by atoms with E-state index in [0.717, 1.165) is 16.0 Å². The van der Waals surface area contributed by atoms with Crippen LogP contribution in [0.1, 0.15) is 129 Å².